The highest BCUT2D eigenvalue weighted by Crippen LogP contribution is 2.45. The molecule has 0 unspecified atom stereocenters. The number of amides is 1. The van der Waals surface area contributed by atoms with Crippen LogP contribution < -0.4 is 25.0 Å². The van der Waals surface area contributed by atoms with Crippen LogP contribution in [-0.2, 0) is 4.79 Å². The van der Waals surface area contributed by atoms with Crippen molar-refractivity contribution in [3.8, 4) is 22.8 Å². The summed E-state index contributed by atoms with van der Waals surface area (Å²) in [7, 11) is 3.04. The number of rotatable bonds is 9. The molecular formula is C30H31Cl2N7O3. The number of fused-ring (bicyclic) bond motifs is 1. The van der Waals surface area contributed by atoms with Gasteiger partial charge in [-0.1, -0.05) is 36.7 Å². The molecule has 2 N–H and O–H groups in total. The summed E-state index contributed by atoms with van der Waals surface area (Å²) in [5.41, 5.74) is 3.87. The Morgan fingerprint density at radius 3 is 2.36 bits per heavy atom. The number of aromatic nitrogens is 3. The summed E-state index contributed by atoms with van der Waals surface area (Å²) in [5, 5.41) is 7.50. The minimum absolute atomic E-state index is 0.311. The van der Waals surface area contributed by atoms with E-state index in [9.17, 15) is 4.79 Å². The van der Waals surface area contributed by atoms with E-state index >= 15 is 0 Å². The van der Waals surface area contributed by atoms with Crippen LogP contribution in [0.2, 0.25) is 10.0 Å². The molecule has 1 amide bonds. The zero-order valence-corrected chi connectivity index (χ0v) is 25.1. The molecule has 10 nitrogen and oxygen atoms in total. The van der Waals surface area contributed by atoms with Crippen LogP contribution in [0, 0.1) is 0 Å². The van der Waals surface area contributed by atoms with E-state index < -0.39 is 0 Å². The number of methoxy groups -OCH3 is 2. The van der Waals surface area contributed by atoms with Crippen LogP contribution in [0.15, 0.2) is 55.4 Å². The maximum atomic E-state index is 12.3. The summed E-state index contributed by atoms with van der Waals surface area (Å²) in [6.07, 6.45) is 4.54. The molecule has 0 atom stereocenters. The van der Waals surface area contributed by atoms with Crippen molar-refractivity contribution in [2.24, 2.45) is 0 Å². The number of carbonyl (C=O) groups excluding carboxylic acids is 1. The third-order valence-corrected chi connectivity index (χ3v) is 7.92. The number of halogens is 2. The van der Waals surface area contributed by atoms with Gasteiger partial charge < -0.3 is 29.9 Å². The Balaban J connectivity index is 1.44. The lowest BCUT2D eigenvalue weighted by Gasteiger charge is -2.35. The van der Waals surface area contributed by atoms with Crippen LogP contribution in [0.25, 0.3) is 22.2 Å². The largest absolute Gasteiger partial charge is 0.495 e. The normalized spacial score (nSPS) is 13.6. The standard InChI is InChI=1S/C30H31Cl2N7O3/c1-5-26(40)35-21-14-19(39-11-9-38(6-2)10-12-39)7-8-20(21)36-30-34-16-18-13-22(33-17-23(18)37-30)27-28(31)24(41-3)15-25(42-4)29(27)32/h5,7-8,13-17H,1,6,9-12H2,2-4H3,(H,35,40)(H,34,36,37). The van der Waals surface area contributed by atoms with Crippen molar-refractivity contribution in [3.63, 3.8) is 0 Å². The van der Waals surface area contributed by atoms with Crippen molar-refractivity contribution >= 4 is 63.0 Å². The highest BCUT2D eigenvalue weighted by atomic mass is 35.5. The quantitative estimate of drug-likeness (QED) is 0.221. The molecule has 2 aromatic heterocycles. The molecule has 2 aromatic carbocycles. The Morgan fingerprint density at radius 2 is 1.71 bits per heavy atom. The lowest BCUT2D eigenvalue weighted by atomic mass is 10.1. The second-order valence-electron chi connectivity index (χ2n) is 9.58. The van der Waals surface area contributed by atoms with Gasteiger partial charge in [-0.2, -0.15) is 0 Å². The second-order valence-corrected chi connectivity index (χ2v) is 10.3. The number of nitrogens with zero attached hydrogens (tertiary/aromatic N) is 5. The smallest absolute Gasteiger partial charge is 0.247 e. The number of pyridine rings is 1. The van der Waals surface area contributed by atoms with Crippen LogP contribution in [-0.4, -0.2) is 72.7 Å². The van der Waals surface area contributed by atoms with Crippen LogP contribution >= 0.6 is 23.2 Å². The minimum atomic E-state index is -0.311. The molecule has 0 saturated carbocycles. The zero-order valence-electron chi connectivity index (χ0n) is 23.6. The predicted molar refractivity (Wildman–Crippen MR) is 169 cm³/mol. The molecule has 218 valence electrons. The third-order valence-electron chi connectivity index (χ3n) is 7.17. The monoisotopic (exact) mass is 607 g/mol. The predicted octanol–water partition coefficient (Wildman–Crippen LogP) is 6.03. The molecule has 1 saturated heterocycles. The molecule has 0 aliphatic carbocycles. The summed E-state index contributed by atoms with van der Waals surface area (Å²) in [6.45, 7) is 10.6. The van der Waals surface area contributed by atoms with Crippen molar-refractivity contribution in [2.45, 2.75) is 6.92 Å². The molecule has 0 radical (unpaired) electrons. The average molecular weight is 609 g/mol. The van der Waals surface area contributed by atoms with Gasteiger partial charge in [0.15, 0.2) is 0 Å². The first-order valence-corrected chi connectivity index (χ1v) is 14.2. The zero-order chi connectivity index (χ0) is 29.8. The van der Waals surface area contributed by atoms with E-state index in [1.54, 1.807) is 24.5 Å². The highest BCUT2D eigenvalue weighted by Gasteiger charge is 2.21. The molecule has 5 rings (SSSR count). The van der Waals surface area contributed by atoms with Gasteiger partial charge >= 0.3 is 0 Å². The van der Waals surface area contributed by atoms with Crippen molar-refractivity contribution in [1.29, 1.82) is 0 Å². The maximum absolute atomic E-state index is 12.3. The van der Waals surface area contributed by atoms with E-state index in [1.165, 1.54) is 20.3 Å². The first-order valence-electron chi connectivity index (χ1n) is 13.4. The van der Waals surface area contributed by atoms with Gasteiger partial charge in [0.25, 0.3) is 0 Å². The van der Waals surface area contributed by atoms with Crippen molar-refractivity contribution < 1.29 is 14.3 Å². The molecule has 1 aliphatic rings. The molecule has 12 heteroatoms. The molecule has 4 aromatic rings. The van der Waals surface area contributed by atoms with E-state index in [2.05, 4.69) is 48.9 Å². The van der Waals surface area contributed by atoms with Crippen molar-refractivity contribution in [1.82, 2.24) is 19.9 Å². The van der Waals surface area contributed by atoms with Gasteiger partial charge in [0.1, 0.15) is 11.5 Å². The number of hydrogen-bond acceptors (Lipinski definition) is 9. The second kappa shape index (κ2) is 12.8. The van der Waals surface area contributed by atoms with E-state index in [4.69, 9.17) is 32.7 Å². The molecule has 1 fully saturated rings. The molecular weight excluding hydrogens is 577 g/mol. The van der Waals surface area contributed by atoms with E-state index in [-0.39, 0.29) is 5.91 Å². The van der Waals surface area contributed by atoms with Gasteiger partial charge in [-0.3, -0.25) is 9.78 Å². The fourth-order valence-corrected chi connectivity index (χ4v) is 5.50. The maximum Gasteiger partial charge on any atom is 0.247 e. The van der Waals surface area contributed by atoms with E-state index in [0.29, 0.717) is 55.6 Å². The summed E-state index contributed by atoms with van der Waals surface area (Å²) >= 11 is 13.2. The number of likely N-dealkylation sites (N-methyl/N-ethyl adjacent to an activating group) is 1. The Morgan fingerprint density at radius 1 is 1.00 bits per heavy atom. The van der Waals surface area contributed by atoms with Gasteiger partial charge in [-0.05, 0) is 36.9 Å². The SMILES string of the molecule is C=CC(=O)Nc1cc(N2CCN(CC)CC2)ccc1Nc1ncc2cc(-c3c(Cl)c(OC)cc(OC)c3Cl)ncc2n1. The molecule has 3 heterocycles. The Bertz CT molecular complexity index is 1610. The molecule has 42 heavy (non-hydrogen) atoms. The average Bonchev–Trinajstić information content (AvgIpc) is 3.02. The molecule has 1 aliphatic heterocycles. The number of piperazine rings is 1. The molecule has 0 bridgehead atoms. The Labute approximate surface area is 254 Å². The molecule has 0 spiro atoms. The summed E-state index contributed by atoms with van der Waals surface area (Å²) in [4.78, 5) is 30.7. The van der Waals surface area contributed by atoms with Crippen LogP contribution in [0.3, 0.4) is 0 Å². The number of hydrogen-bond donors (Lipinski definition) is 2. The number of nitrogens with one attached hydrogen (secondary N) is 2. The lowest BCUT2D eigenvalue weighted by molar-refractivity contribution is -0.111. The van der Waals surface area contributed by atoms with Crippen molar-refractivity contribution in [3.05, 3.63) is 65.4 Å². The Kier molecular flexibility index (Phi) is 8.96. The highest BCUT2D eigenvalue weighted by molar-refractivity contribution is 6.41. The van der Waals surface area contributed by atoms with Gasteiger partial charge in [-0.15, -0.1) is 0 Å². The lowest BCUT2D eigenvalue weighted by Crippen LogP contribution is -2.46. The van der Waals surface area contributed by atoms with Gasteiger partial charge in [-0.25, -0.2) is 9.97 Å². The first kappa shape index (κ1) is 29.4. The van der Waals surface area contributed by atoms with E-state index in [0.717, 1.165) is 43.8 Å². The number of ether oxygens (including phenoxy) is 2. The summed E-state index contributed by atoms with van der Waals surface area (Å²) < 4.78 is 10.8. The first-order chi connectivity index (χ1) is 20.3. The summed E-state index contributed by atoms with van der Waals surface area (Å²) in [6, 6.07) is 9.32. The minimum Gasteiger partial charge on any atom is -0.495 e. The van der Waals surface area contributed by atoms with Gasteiger partial charge in [0.05, 0.1) is 53.0 Å². The summed E-state index contributed by atoms with van der Waals surface area (Å²) in [5.74, 6) is 0.863. The van der Waals surface area contributed by atoms with E-state index in [1.807, 2.05) is 18.2 Å². The topological polar surface area (TPSA) is 105 Å². The number of benzene rings is 2. The van der Waals surface area contributed by atoms with Crippen molar-refractivity contribution in [2.75, 3.05) is 62.5 Å². The van der Waals surface area contributed by atoms with Crippen LogP contribution in [0.5, 0.6) is 11.5 Å². The Hall–Kier alpha value is -4.12. The number of carbonyl (C=O) groups is 1. The number of anilines is 4. The fourth-order valence-electron chi connectivity index (χ4n) is 4.81. The van der Waals surface area contributed by atoms with Gasteiger partial charge in [0, 0.05) is 55.1 Å². The van der Waals surface area contributed by atoms with Gasteiger partial charge in [0.2, 0.25) is 11.9 Å². The fraction of sp³-hybridized carbons (Fsp3) is 0.267. The third kappa shape index (κ3) is 6.06. The van der Waals surface area contributed by atoms with Crippen LogP contribution in [0.4, 0.5) is 23.0 Å². The van der Waals surface area contributed by atoms with Crippen LogP contribution in [0.1, 0.15) is 6.92 Å².